The van der Waals surface area contributed by atoms with Gasteiger partial charge in [0.05, 0.1) is 13.2 Å². The van der Waals surface area contributed by atoms with Crippen LogP contribution in [0.15, 0.2) is 0 Å². The molecule has 1 heterocycles. The molecule has 0 saturated carbocycles. The van der Waals surface area contributed by atoms with Gasteiger partial charge in [-0.1, -0.05) is 0 Å². The molecule has 0 unspecified atom stereocenters. The molecule has 48 valence electrons. The molecule has 0 aromatic heterocycles. The highest BCUT2D eigenvalue weighted by molar-refractivity contribution is 7.80. The molecule has 1 aliphatic heterocycles. The molecular weight excluding hydrogens is 122 g/mol. The van der Waals surface area contributed by atoms with Crippen LogP contribution in [0.5, 0.6) is 0 Å². The Morgan fingerprint density at radius 3 is 3.00 bits per heavy atom. The first kappa shape index (κ1) is 6.39. The van der Waals surface area contributed by atoms with Crippen LogP contribution in [0.25, 0.3) is 0 Å². The molecule has 1 N–H and O–H groups in total. The van der Waals surface area contributed by atoms with Crippen LogP contribution in [0.1, 0.15) is 0 Å². The van der Waals surface area contributed by atoms with Crippen molar-refractivity contribution in [3.63, 3.8) is 0 Å². The van der Waals surface area contributed by atoms with Gasteiger partial charge in [-0.25, -0.2) is 0 Å². The summed E-state index contributed by atoms with van der Waals surface area (Å²) in [5, 5.41) is 3.27. The number of nitrogens with one attached hydrogen (secondary N) is 1. The summed E-state index contributed by atoms with van der Waals surface area (Å²) in [5.74, 6) is 0.875. The van der Waals surface area contributed by atoms with Gasteiger partial charge in [0, 0.05) is 18.3 Å². The monoisotopic (exact) mass is 133 g/mol. The average Bonchev–Trinajstić information content (AvgIpc) is 1.90. The van der Waals surface area contributed by atoms with Crippen molar-refractivity contribution in [3.05, 3.63) is 0 Å². The van der Waals surface area contributed by atoms with Crippen LogP contribution in [0.2, 0.25) is 0 Å². The van der Waals surface area contributed by atoms with Crippen molar-refractivity contribution in [2.45, 2.75) is 6.04 Å². The molecule has 0 aromatic rings. The molecule has 1 atom stereocenters. The third-order valence-corrected chi connectivity index (χ3v) is 1.66. The van der Waals surface area contributed by atoms with Crippen LogP contribution in [0.3, 0.4) is 0 Å². The maximum Gasteiger partial charge on any atom is 0.0628 e. The van der Waals surface area contributed by atoms with Crippen molar-refractivity contribution in [3.8, 4) is 0 Å². The van der Waals surface area contributed by atoms with Crippen LogP contribution in [-0.2, 0) is 4.74 Å². The number of hydrogen-bond acceptors (Lipinski definition) is 3. The van der Waals surface area contributed by atoms with Gasteiger partial charge in [0.2, 0.25) is 0 Å². The molecule has 0 spiro atoms. The molecule has 0 radical (unpaired) electrons. The molecule has 2 nitrogen and oxygen atoms in total. The largest absolute Gasteiger partial charge is 0.378 e. The van der Waals surface area contributed by atoms with Crippen LogP contribution < -0.4 is 5.32 Å². The normalized spacial score (nSPS) is 30.4. The van der Waals surface area contributed by atoms with Gasteiger partial charge >= 0.3 is 0 Å². The Bertz CT molecular complexity index is 63.4. The van der Waals surface area contributed by atoms with E-state index in [0.29, 0.717) is 6.04 Å². The van der Waals surface area contributed by atoms with Crippen molar-refractivity contribution in [2.75, 3.05) is 25.5 Å². The fourth-order valence-electron chi connectivity index (χ4n) is 0.737. The second kappa shape index (κ2) is 3.33. The smallest absolute Gasteiger partial charge is 0.0628 e. The average molecular weight is 133 g/mol. The highest BCUT2D eigenvalue weighted by Crippen LogP contribution is 1.93. The second-order valence-corrected chi connectivity index (χ2v) is 2.27. The van der Waals surface area contributed by atoms with E-state index in [2.05, 4.69) is 17.9 Å². The van der Waals surface area contributed by atoms with Gasteiger partial charge in [0.25, 0.3) is 0 Å². The third kappa shape index (κ3) is 1.65. The quantitative estimate of drug-likeness (QED) is 0.488. The summed E-state index contributed by atoms with van der Waals surface area (Å²) >= 11 is 4.12. The molecule has 1 aliphatic rings. The minimum atomic E-state index is 0.479. The van der Waals surface area contributed by atoms with Gasteiger partial charge < -0.3 is 10.1 Å². The zero-order valence-corrected chi connectivity index (χ0v) is 5.66. The lowest BCUT2D eigenvalue weighted by Gasteiger charge is -2.21. The highest BCUT2D eigenvalue weighted by atomic mass is 32.1. The Kier molecular flexibility index (Phi) is 2.66. The molecular formula is C5H11NOS. The van der Waals surface area contributed by atoms with Gasteiger partial charge in [-0.3, -0.25) is 0 Å². The first-order valence-electron chi connectivity index (χ1n) is 2.85. The Balaban J connectivity index is 2.13. The van der Waals surface area contributed by atoms with E-state index in [1.807, 2.05) is 0 Å². The van der Waals surface area contributed by atoms with Crippen LogP contribution >= 0.6 is 12.6 Å². The molecule has 1 saturated heterocycles. The predicted octanol–water partition coefficient (Wildman–Crippen LogP) is -0.0954. The number of hydrogen-bond donors (Lipinski definition) is 2. The van der Waals surface area contributed by atoms with E-state index in [9.17, 15) is 0 Å². The standard InChI is InChI=1S/C5H11NOS/c8-4-5-3-7-2-1-6-5/h5-6,8H,1-4H2/t5-/m1/s1. The first-order chi connectivity index (χ1) is 3.93. The lowest BCUT2D eigenvalue weighted by atomic mass is 10.3. The summed E-state index contributed by atoms with van der Waals surface area (Å²) in [6.07, 6.45) is 0. The minimum Gasteiger partial charge on any atom is -0.378 e. The first-order valence-corrected chi connectivity index (χ1v) is 3.48. The van der Waals surface area contributed by atoms with Crippen molar-refractivity contribution in [1.82, 2.24) is 5.32 Å². The molecule has 0 bridgehead atoms. The lowest BCUT2D eigenvalue weighted by Crippen LogP contribution is -2.42. The molecule has 0 aromatic carbocycles. The summed E-state index contributed by atoms with van der Waals surface area (Å²) in [4.78, 5) is 0. The Labute approximate surface area is 55.0 Å². The maximum absolute atomic E-state index is 5.16. The molecule has 1 fully saturated rings. The third-order valence-electron chi connectivity index (χ3n) is 1.22. The van der Waals surface area contributed by atoms with E-state index >= 15 is 0 Å². The van der Waals surface area contributed by atoms with Crippen molar-refractivity contribution in [2.24, 2.45) is 0 Å². The van der Waals surface area contributed by atoms with Crippen LogP contribution in [0.4, 0.5) is 0 Å². The number of ether oxygens (including phenoxy) is 1. The number of morpholine rings is 1. The van der Waals surface area contributed by atoms with E-state index in [1.165, 1.54) is 0 Å². The summed E-state index contributed by atoms with van der Waals surface area (Å²) in [7, 11) is 0. The maximum atomic E-state index is 5.16. The van der Waals surface area contributed by atoms with E-state index in [-0.39, 0.29) is 0 Å². The summed E-state index contributed by atoms with van der Waals surface area (Å²) < 4.78 is 5.16. The Morgan fingerprint density at radius 1 is 1.75 bits per heavy atom. The van der Waals surface area contributed by atoms with Crippen LogP contribution in [0, 0.1) is 0 Å². The Hall–Kier alpha value is 0.270. The van der Waals surface area contributed by atoms with Crippen molar-refractivity contribution >= 4 is 12.6 Å². The fraction of sp³-hybridized carbons (Fsp3) is 1.00. The van der Waals surface area contributed by atoms with Gasteiger partial charge in [0.15, 0.2) is 0 Å². The molecule has 0 amide bonds. The number of thiol groups is 1. The van der Waals surface area contributed by atoms with Crippen LogP contribution in [-0.4, -0.2) is 31.6 Å². The topological polar surface area (TPSA) is 21.3 Å². The summed E-state index contributed by atoms with van der Waals surface area (Å²) in [6, 6.07) is 0.479. The molecule has 1 rings (SSSR count). The zero-order valence-electron chi connectivity index (χ0n) is 4.76. The SMILES string of the molecule is SC[C@H]1COCCN1. The number of rotatable bonds is 1. The lowest BCUT2D eigenvalue weighted by molar-refractivity contribution is 0.0838. The summed E-state index contributed by atoms with van der Waals surface area (Å²) in [6.45, 7) is 2.65. The zero-order chi connectivity index (χ0) is 5.82. The fourth-order valence-corrected chi connectivity index (χ4v) is 0.971. The van der Waals surface area contributed by atoms with Crippen molar-refractivity contribution in [1.29, 1.82) is 0 Å². The van der Waals surface area contributed by atoms with E-state index in [0.717, 1.165) is 25.5 Å². The molecule has 0 aliphatic carbocycles. The van der Waals surface area contributed by atoms with Gasteiger partial charge in [-0.05, 0) is 0 Å². The van der Waals surface area contributed by atoms with E-state index in [4.69, 9.17) is 4.74 Å². The highest BCUT2D eigenvalue weighted by Gasteiger charge is 2.09. The van der Waals surface area contributed by atoms with Gasteiger partial charge in [-0.2, -0.15) is 12.6 Å². The second-order valence-electron chi connectivity index (χ2n) is 1.91. The van der Waals surface area contributed by atoms with Gasteiger partial charge in [-0.15, -0.1) is 0 Å². The molecule has 8 heavy (non-hydrogen) atoms. The minimum absolute atomic E-state index is 0.479. The Morgan fingerprint density at radius 2 is 2.62 bits per heavy atom. The summed E-state index contributed by atoms with van der Waals surface area (Å²) in [5.41, 5.74) is 0. The van der Waals surface area contributed by atoms with Crippen molar-refractivity contribution < 1.29 is 4.74 Å². The predicted molar refractivity (Wildman–Crippen MR) is 36.5 cm³/mol. The van der Waals surface area contributed by atoms with E-state index < -0.39 is 0 Å². The molecule has 3 heteroatoms. The van der Waals surface area contributed by atoms with E-state index in [1.54, 1.807) is 0 Å². The van der Waals surface area contributed by atoms with Gasteiger partial charge in [0.1, 0.15) is 0 Å².